The Kier molecular flexibility index (Phi) is 7.27. The number of carbonyl (C=O) groups excluding carboxylic acids is 1. The van der Waals surface area contributed by atoms with Crippen molar-refractivity contribution < 1.29 is 14.3 Å². The molecule has 0 spiro atoms. The third-order valence-electron chi connectivity index (χ3n) is 5.39. The summed E-state index contributed by atoms with van der Waals surface area (Å²) in [5.74, 6) is 2.19. The first-order valence-electron chi connectivity index (χ1n) is 10.9. The summed E-state index contributed by atoms with van der Waals surface area (Å²) in [6, 6.07) is 17.2. The molecule has 0 unspecified atom stereocenters. The van der Waals surface area contributed by atoms with Gasteiger partial charge in [0.15, 0.2) is 16.8 Å². The Balaban J connectivity index is 1.71. The van der Waals surface area contributed by atoms with Gasteiger partial charge in [-0.3, -0.25) is 14.3 Å². The molecule has 0 saturated heterocycles. The number of para-hydroxylation sites is 1. The number of hydrogen-bond acceptors (Lipinski definition) is 7. The van der Waals surface area contributed by atoms with Gasteiger partial charge in [0.2, 0.25) is 0 Å². The normalized spacial score (nSPS) is 11.0. The number of ketones is 1. The van der Waals surface area contributed by atoms with Gasteiger partial charge in [0.05, 0.1) is 31.2 Å². The Morgan fingerprint density at radius 2 is 1.85 bits per heavy atom. The Labute approximate surface area is 203 Å². The van der Waals surface area contributed by atoms with Crippen molar-refractivity contribution in [3.8, 4) is 28.6 Å². The SMILES string of the molecule is COc1ccc(C(=O)CSc2nnc(-c3cccnc3)n2-c2ccccc2C(C)C)c(OC)c1. The Hall–Kier alpha value is -3.65. The van der Waals surface area contributed by atoms with Crippen LogP contribution in [0.15, 0.2) is 72.1 Å². The third kappa shape index (κ3) is 4.82. The average Bonchev–Trinajstić information content (AvgIpc) is 3.31. The maximum Gasteiger partial charge on any atom is 0.196 e. The molecule has 4 aromatic rings. The van der Waals surface area contributed by atoms with E-state index < -0.39 is 0 Å². The predicted octanol–water partition coefficient (Wildman–Crippen LogP) is 5.44. The molecule has 0 saturated carbocycles. The van der Waals surface area contributed by atoms with E-state index in [1.807, 2.05) is 28.8 Å². The molecule has 7 nitrogen and oxygen atoms in total. The van der Waals surface area contributed by atoms with E-state index in [1.165, 1.54) is 11.8 Å². The summed E-state index contributed by atoms with van der Waals surface area (Å²) in [5, 5.41) is 9.55. The smallest absolute Gasteiger partial charge is 0.196 e. The van der Waals surface area contributed by atoms with Crippen LogP contribution in [0.3, 0.4) is 0 Å². The second-order valence-electron chi connectivity index (χ2n) is 7.87. The Morgan fingerprint density at radius 1 is 1.03 bits per heavy atom. The van der Waals surface area contributed by atoms with Crippen molar-refractivity contribution in [1.29, 1.82) is 0 Å². The quantitative estimate of drug-likeness (QED) is 0.236. The highest BCUT2D eigenvalue weighted by Gasteiger charge is 2.21. The van der Waals surface area contributed by atoms with E-state index in [2.05, 4.69) is 41.2 Å². The second-order valence-corrected chi connectivity index (χ2v) is 8.82. The molecule has 0 bridgehead atoms. The number of Topliss-reactive ketones (excluding diaryl/α,β-unsaturated/α-hetero) is 1. The first kappa shape index (κ1) is 23.5. The predicted molar refractivity (Wildman–Crippen MR) is 133 cm³/mol. The summed E-state index contributed by atoms with van der Waals surface area (Å²) in [7, 11) is 3.12. The second kappa shape index (κ2) is 10.5. The lowest BCUT2D eigenvalue weighted by Crippen LogP contribution is -2.08. The molecule has 0 N–H and O–H groups in total. The number of carbonyl (C=O) groups is 1. The molecule has 2 aromatic heterocycles. The maximum atomic E-state index is 13.1. The summed E-state index contributed by atoms with van der Waals surface area (Å²) < 4.78 is 12.7. The van der Waals surface area contributed by atoms with E-state index in [4.69, 9.17) is 9.47 Å². The van der Waals surface area contributed by atoms with Crippen LogP contribution in [0.4, 0.5) is 0 Å². The van der Waals surface area contributed by atoms with Gasteiger partial charge in [-0.25, -0.2) is 0 Å². The van der Waals surface area contributed by atoms with E-state index in [0.29, 0.717) is 34.0 Å². The van der Waals surface area contributed by atoms with Crippen molar-refractivity contribution >= 4 is 17.5 Å². The fourth-order valence-corrected chi connectivity index (χ4v) is 4.51. The van der Waals surface area contributed by atoms with Crippen LogP contribution in [-0.2, 0) is 0 Å². The molecule has 2 heterocycles. The van der Waals surface area contributed by atoms with Gasteiger partial charge in [-0.15, -0.1) is 10.2 Å². The van der Waals surface area contributed by atoms with E-state index in [9.17, 15) is 4.79 Å². The molecule has 8 heteroatoms. The van der Waals surface area contributed by atoms with Crippen molar-refractivity contribution in [2.45, 2.75) is 24.9 Å². The first-order valence-corrected chi connectivity index (χ1v) is 11.8. The number of benzene rings is 2. The fraction of sp³-hybridized carbons (Fsp3) is 0.231. The largest absolute Gasteiger partial charge is 0.497 e. The van der Waals surface area contributed by atoms with E-state index in [0.717, 1.165) is 16.8 Å². The van der Waals surface area contributed by atoms with Crippen LogP contribution in [0.5, 0.6) is 11.5 Å². The molecule has 0 aliphatic heterocycles. The highest BCUT2D eigenvalue weighted by molar-refractivity contribution is 7.99. The zero-order valence-electron chi connectivity index (χ0n) is 19.6. The topological polar surface area (TPSA) is 79.1 Å². The standard InChI is InChI=1S/C26H26N4O3S/c1-17(2)20-9-5-6-10-22(20)30-25(18-8-7-13-27-15-18)28-29-26(30)34-16-23(31)21-12-11-19(32-3)14-24(21)33-4/h5-15,17H,16H2,1-4H3. The van der Waals surface area contributed by atoms with Crippen LogP contribution in [0, 0.1) is 0 Å². The number of pyridine rings is 1. The third-order valence-corrected chi connectivity index (χ3v) is 6.32. The molecule has 0 aliphatic carbocycles. The lowest BCUT2D eigenvalue weighted by molar-refractivity contribution is 0.101. The lowest BCUT2D eigenvalue weighted by atomic mass is 10.0. The van der Waals surface area contributed by atoms with Crippen molar-refractivity contribution in [3.05, 3.63) is 78.1 Å². The molecular weight excluding hydrogens is 448 g/mol. The first-order chi connectivity index (χ1) is 16.5. The number of hydrogen-bond donors (Lipinski definition) is 0. The summed E-state index contributed by atoms with van der Waals surface area (Å²) in [6.45, 7) is 4.30. The minimum absolute atomic E-state index is 0.0703. The highest BCUT2D eigenvalue weighted by Crippen LogP contribution is 2.33. The zero-order valence-corrected chi connectivity index (χ0v) is 20.4. The summed E-state index contributed by atoms with van der Waals surface area (Å²) in [6.07, 6.45) is 3.49. The number of nitrogens with zero attached hydrogens (tertiary/aromatic N) is 4. The molecule has 0 atom stereocenters. The van der Waals surface area contributed by atoms with Crippen LogP contribution in [0.2, 0.25) is 0 Å². The van der Waals surface area contributed by atoms with Crippen molar-refractivity contribution in [1.82, 2.24) is 19.7 Å². The number of ether oxygens (including phenoxy) is 2. The number of aromatic nitrogens is 4. The van der Waals surface area contributed by atoms with Gasteiger partial charge in [0.25, 0.3) is 0 Å². The Morgan fingerprint density at radius 3 is 2.56 bits per heavy atom. The monoisotopic (exact) mass is 474 g/mol. The summed E-state index contributed by atoms with van der Waals surface area (Å²) in [5.41, 5.74) is 3.50. The molecule has 2 aromatic carbocycles. The van der Waals surface area contributed by atoms with E-state index in [-0.39, 0.29) is 11.5 Å². The van der Waals surface area contributed by atoms with Gasteiger partial charge in [-0.2, -0.15) is 0 Å². The fourth-order valence-electron chi connectivity index (χ4n) is 3.68. The number of thioether (sulfide) groups is 1. The molecule has 34 heavy (non-hydrogen) atoms. The Bertz CT molecular complexity index is 1290. The lowest BCUT2D eigenvalue weighted by Gasteiger charge is -2.17. The maximum absolute atomic E-state index is 13.1. The molecule has 0 aliphatic rings. The van der Waals surface area contributed by atoms with Gasteiger partial charge < -0.3 is 9.47 Å². The van der Waals surface area contributed by atoms with Gasteiger partial charge in [0.1, 0.15) is 11.5 Å². The number of rotatable bonds is 9. The average molecular weight is 475 g/mol. The minimum atomic E-state index is -0.0703. The van der Waals surface area contributed by atoms with E-state index >= 15 is 0 Å². The zero-order chi connectivity index (χ0) is 24.1. The molecular formula is C26H26N4O3S. The molecule has 174 valence electrons. The van der Waals surface area contributed by atoms with E-state index in [1.54, 1.807) is 44.8 Å². The van der Waals surface area contributed by atoms with Crippen molar-refractivity contribution in [2.75, 3.05) is 20.0 Å². The molecule has 4 rings (SSSR count). The minimum Gasteiger partial charge on any atom is -0.497 e. The van der Waals surface area contributed by atoms with Gasteiger partial charge in [-0.1, -0.05) is 43.8 Å². The van der Waals surface area contributed by atoms with Crippen LogP contribution in [-0.4, -0.2) is 45.5 Å². The van der Waals surface area contributed by atoms with Crippen LogP contribution in [0.25, 0.3) is 17.1 Å². The number of methoxy groups -OCH3 is 2. The molecule has 0 fully saturated rings. The van der Waals surface area contributed by atoms with Crippen molar-refractivity contribution in [2.24, 2.45) is 0 Å². The van der Waals surface area contributed by atoms with Gasteiger partial charge in [-0.05, 0) is 41.8 Å². The molecule has 0 amide bonds. The molecule has 0 radical (unpaired) electrons. The van der Waals surface area contributed by atoms with Crippen LogP contribution in [0.1, 0.15) is 35.7 Å². The van der Waals surface area contributed by atoms with Gasteiger partial charge >= 0.3 is 0 Å². The highest BCUT2D eigenvalue weighted by atomic mass is 32.2. The summed E-state index contributed by atoms with van der Waals surface area (Å²) in [4.78, 5) is 17.3. The van der Waals surface area contributed by atoms with Crippen LogP contribution < -0.4 is 9.47 Å². The van der Waals surface area contributed by atoms with Crippen LogP contribution >= 0.6 is 11.8 Å². The summed E-state index contributed by atoms with van der Waals surface area (Å²) >= 11 is 1.34. The van der Waals surface area contributed by atoms with Crippen molar-refractivity contribution in [3.63, 3.8) is 0 Å². The van der Waals surface area contributed by atoms with Gasteiger partial charge in [0, 0.05) is 24.0 Å².